The van der Waals surface area contributed by atoms with E-state index in [1.807, 2.05) is 0 Å². The third kappa shape index (κ3) is 4.27. The Labute approximate surface area is 110 Å². The Balaban J connectivity index is 1.80. The van der Waals surface area contributed by atoms with Crippen molar-refractivity contribution in [2.24, 2.45) is 0 Å². The van der Waals surface area contributed by atoms with Gasteiger partial charge in [0, 0.05) is 0 Å². The first-order valence-corrected chi connectivity index (χ1v) is 7.38. The highest BCUT2D eigenvalue weighted by atomic mass is 32.1. The lowest BCUT2D eigenvalue weighted by molar-refractivity contribution is 0.210. The second-order valence-electron chi connectivity index (χ2n) is 4.85. The van der Waals surface area contributed by atoms with Crippen LogP contribution in [0.5, 0.6) is 5.75 Å². The summed E-state index contributed by atoms with van der Waals surface area (Å²) in [5, 5.41) is 0. The third-order valence-corrected chi connectivity index (χ3v) is 3.72. The Morgan fingerprint density at radius 2 is 1.76 bits per heavy atom. The molecule has 0 amide bonds. The average Bonchev–Trinajstić information content (AvgIpc) is 2.85. The topological polar surface area (TPSA) is 9.23 Å². The Morgan fingerprint density at radius 1 is 1.06 bits per heavy atom. The summed E-state index contributed by atoms with van der Waals surface area (Å²) in [6.45, 7) is 0. The molecule has 0 bridgehead atoms. The van der Waals surface area contributed by atoms with Crippen LogP contribution in [0.15, 0.2) is 24.3 Å². The zero-order chi connectivity index (χ0) is 11.9. The molecule has 1 saturated carbocycles. The number of rotatable bonds is 6. The molecule has 0 unspecified atom stereocenters. The van der Waals surface area contributed by atoms with Crippen LogP contribution in [0, 0.1) is 0 Å². The van der Waals surface area contributed by atoms with Gasteiger partial charge in [-0.25, -0.2) is 0 Å². The van der Waals surface area contributed by atoms with Gasteiger partial charge in [0.1, 0.15) is 5.75 Å². The van der Waals surface area contributed by atoms with Crippen molar-refractivity contribution in [3.8, 4) is 5.75 Å². The molecule has 0 heterocycles. The molecular weight excluding hydrogens is 228 g/mol. The van der Waals surface area contributed by atoms with E-state index in [0.29, 0.717) is 6.10 Å². The fraction of sp³-hybridized carbons (Fsp3) is 0.600. The number of benzene rings is 1. The molecule has 0 radical (unpaired) electrons. The number of hydrogen-bond acceptors (Lipinski definition) is 2. The number of ether oxygens (including phenoxy) is 1. The number of aryl methyl sites for hydroxylation is 1. The lowest BCUT2D eigenvalue weighted by Gasteiger charge is -2.13. The average molecular weight is 250 g/mol. The maximum absolute atomic E-state index is 5.94. The second-order valence-corrected chi connectivity index (χ2v) is 5.30. The molecule has 0 aromatic heterocycles. The fourth-order valence-electron chi connectivity index (χ4n) is 2.37. The van der Waals surface area contributed by atoms with Crippen molar-refractivity contribution in [3.05, 3.63) is 29.8 Å². The first-order chi connectivity index (χ1) is 8.38. The number of hydrogen-bond donors (Lipinski definition) is 1. The second kappa shape index (κ2) is 6.95. The molecular formula is C15H22OS. The molecule has 1 aliphatic rings. The monoisotopic (exact) mass is 250 g/mol. The standard InChI is InChI=1S/C15H22OS/c17-12-4-3-5-13-8-10-15(11-9-13)16-14-6-1-2-7-14/h8-11,14,17H,1-7,12H2. The largest absolute Gasteiger partial charge is 0.490 e. The van der Waals surface area contributed by atoms with Crippen molar-refractivity contribution in [2.45, 2.75) is 51.0 Å². The minimum absolute atomic E-state index is 0.463. The molecule has 0 saturated heterocycles. The van der Waals surface area contributed by atoms with Crippen LogP contribution in [0.3, 0.4) is 0 Å². The highest BCUT2D eigenvalue weighted by Crippen LogP contribution is 2.24. The minimum Gasteiger partial charge on any atom is -0.490 e. The molecule has 0 aliphatic heterocycles. The highest BCUT2D eigenvalue weighted by Gasteiger charge is 2.16. The fourth-order valence-corrected chi connectivity index (χ4v) is 2.60. The normalized spacial score (nSPS) is 16.3. The van der Waals surface area contributed by atoms with Crippen LogP contribution in [0.25, 0.3) is 0 Å². The summed E-state index contributed by atoms with van der Waals surface area (Å²) in [5.41, 5.74) is 1.41. The zero-order valence-corrected chi connectivity index (χ0v) is 11.3. The van der Waals surface area contributed by atoms with E-state index in [2.05, 4.69) is 36.9 Å². The van der Waals surface area contributed by atoms with E-state index in [1.54, 1.807) is 0 Å². The molecule has 1 aromatic carbocycles. The van der Waals surface area contributed by atoms with E-state index in [1.165, 1.54) is 44.1 Å². The van der Waals surface area contributed by atoms with Crippen LogP contribution in [0.2, 0.25) is 0 Å². The molecule has 0 spiro atoms. The van der Waals surface area contributed by atoms with Crippen LogP contribution in [-0.4, -0.2) is 11.9 Å². The van der Waals surface area contributed by atoms with Crippen LogP contribution in [-0.2, 0) is 6.42 Å². The van der Waals surface area contributed by atoms with Gasteiger partial charge in [0.15, 0.2) is 0 Å². The van der Waals surface area contributed by atoms with E-state index in [9.17, 15) is 0 Å². The van der Waals surface area contributed by atoms with Crippen molar-refractivity contribution in [2.75, 3.05) is 5.75 Å². The van der Waals surface area contributed by atoms with Gasteiger partial charge in [0.25, 0.3) is 0 Å². The Bertz CT molecular complexity index is 314. The summed E-state index contributed by atoms with van der Waals surface area (Å²) in [6.07, 6.45) is 9.15. The van der Waals surface area contributed by atoms with Gasteiger partial charge in [0.05, 0.1) is 6.10 Å². The van der Waals surface area contributed by atoms with Crippen LogP contribution in [0.4, 0.5) is 0 Å². The maximum Gasteiger partial charge on any atom is 0.119 e. The van der Waals surface area contributed by atoms with Gasteiger partial charge in [-0.3, -0.25) is 0 Å². The van der Waals surface area contributed by atoms with Crippen molar-refractivity contribution < 1.29 is 4.74 Å². The van der Waals surface area contributed by atoms with Crippen LogP contribution >= 0.6 is 12.6 Å². The molecule has 0 N–H and O–H groups in total. The van der Waals surface area contributed by atoms with Gasteiger partial charge in [-0.2, -0.15) is 12.6 Å². The van der Waals surface area contributed by atoms with Crippen molar-refractivity contribution >= 4 is 12.6 Å². The summed E-state index contributed by atoms with van der Waals surface area (Å²) in [7, 11) is 0. The molecule has 94 valence electrons. The molecule has 2 rings (SSSR count). The minimum atomic E-state index is 0.463. The third-order valence-electron chi connectivity index (χ3n) is 3.40. The first-order valence-electron chi connectivity index (χ1n) is 6.75. The highest BCUT2D eigenvalue weighted by molar-refractivity contribution is 7.80. The smallest absolute Gasteiger partial charge is 0.119 e. The van der Waals surface area contributed by atoms with E-state index in [-0.39, 0.29) is 0 Å². The maximum atomic E-state index is 5.94. The summed E-state index contributed by atoms with van der Waals surface area (Å²) < 4.78 is 5.94. The molecule has 17 heavy (non-hydrogen) atoms. The quantitative estimate of drug-likeness (QED) is 0.586. The van der Waals surface area contributed by atoms with Crippen LogP contribution in [0.1, 0.15) is 44.1 Å². The van der Waals surface area contributed by atoms with Crippen LogP contribution < -0.4 is 4.74 Å². The van der Waals surface area contributed by atoms with Gasteiger partial charge < -0.3 is 4.74 Å². The lowest BCUT2D eigenvalue weighted by Crippen LogP contribution is -2.10. The predicted octanol–water partition coefficient (Wildman–Crippen LogP) is 4.26. The van der Waals surface area contributed by atoms with E-state index < -0.39 is 0 Å². The van der Waals surface area contributed by atoms with E-state index in [4.69, 9.17) is 4.74 Å². The van der Waals surface area contributed by atoms with Crippen molar-refractivity contribution in [3.63, 3.8) is 0 Å². The summed E-state index contributed by atoms with van der Waals surface area (Å²) in [4.78, 5) is 0. The summed E-state index contributed by atoms with van der Waals surface area (Å²) in [5.74, 6) is 2.03. The van der Waals surface area contributed by atoms with Crippen molar-refractivity contribution in [1.29, 1.82) is 0 Å². The predicted molar refractivity (Wildman–Crippen MR) is 76.1 cm³/mol. The molecule has 2 heteroatoms. The van der Waals surface area contributed by atoms with Gasteiger partial charge in [-0.1, -0.05) is 12.1 Å². The molecule has 1 nitrogen and oxygen atoms in total. The summed E-state index contributed by atoms with van der Waals surface area (Å²) in [6, 6.07) is 8.63. The Hall–Kier alpha value is -0.630. The summed E-state index contributed by atoms with van der Waals surface area (Å²) >= 11 is 4.23. The van der Waals surface area contributed by atoms with E-state index in [0.717, 1.165) is 17.9 Å². The lowest BCUT2D eigenvalue weighted by atomic mass is 10.1. The molecule has 1 fully saturated rings. The number of thiol groups is 1. The van der Waals surface area contributed by atoms with Gasteiger partial charge in [-0.05, 0) is 68.4 Å². The molecule has 0 atom stereocenters. The SMILES string of the molecule is SCCCCc1ccc(OC2CCCC2)cc1. The first kappa shape index (κ1) is 12.8. The van der Waals surface area contributed by atoms with Gasteiger partial charge >= 0.3 is 0 Å². The number of unbranched alkanes of at least 4 members (excludes halogenated alkanes) is 1. The van der Waals surface area contributed by atoms with Crippen molar-refractivity contribution in [1.82, 2.24) is 0 Å². The Kier molecular flexibility index (Phi) is 5.24. The van der Waals surface area contributed by atoms with Gasteiger partial charge in [0.2, 0.25) is 0 Å². The molecule has 1 aliphatic carbocycles. The van der Waals surface area contributed by atoms with E-state index >= 15 is 0 Å². The zero-order valence-electron chi connectivity index (χ0n) is 10.4. The molecule has 1 aromatic rings. The van der Waals surface area contributed by atoms with Gasteiger partial charge in [-0.15, -0.1) is 0 Å². The Morgan fingerprint density at radius 3 is 2.41 bits per heavy atom.